The summed E-state index contributed by atoms with van der Waals surface area (Å²) in [5.74, 6) is 2.99. The molecule has 0 bridgehead atoms. The number of hydrogen-bond acceptors (Lipinski definition) is 5. The number of nitrogens with zero attached hydrogens (tertiary/aromatic N) is 6. The van der Waals surface area contributed by atoms with Gasteiger partial charge in [0.05, 0.1) is 40.3 Å². The second kappa shape index (κ2) is 13.2. The lowest BCUT2D eigenvalue weighted by molar-refractivity contribution is 0.437. The van der Waals surface area contributed by atoms with Crippen molar-refractivity contribution in [3.8, 4) is 68.5 Å². The van der Waals surface area contributed by atoms with E-state index in [9.17, 15) is 5.26 Å². The molecule has 3 heterocycles. The summed E-state index contributed by atoms with van der Waals surface area (Å²) in [7, 11) is 0. The van der Waals surface area contributed by atoms with Gasteiger partial charge in [0.2, 0.25) is 5.69 Å². The van der Waals surface area contributed by atoms with Crippen LogP contribution >= 0.6 is 0 Å². The molecule has 0 N–H and O–H groups in total. The molecule has 61 heavy (non-hydrogen) atoms. The van der Waals surface area contributed by atoms with Crippen molar-refractivity contribution in [2.45, 2.75) is 5.41 Å². The Morgan fingerprint density at radius 2 is 1.10 bits per heavy atom. The van der Waals surface area contributed by atoms with Crippen LogP contribution in [-0.4, -0.2) is 19.5 Å². The van der Waals surface area contributed by atoms with Crippen LogP contribution in [-0.2, 0) is 5.41 Å². The smallest absolute Gasteiger partial charge is 0.212 e. The number of aromatic nitrogens is 4. The lowest BCUT2D eigenvalue weighted by atomic mass is 9.65. The zero-order valence-corrected chi connectivity index (χ0v) is 32.4. The van der Waals surface area contributed by atoms with Gasteiger partial charge in [-0.1, -0.05) is 146 Å². The van der Waals surface area contributed by atoms with Crippen LogP contribution < -0.4 is 4.74 Å². The lowest BCUT2D eigenvalue weighted by Gasteiger charge is -2.39. The van der Waals surface area contributed by atoms with Gasteiger partial charge in [-0.3, -0.25) is 0 Å². The van der Waals surface area contributed by atoms with Crippen LogP contribution in [0.2, 0.25) is 0 Å². The molecule has 0 saturated heterocycles. The number of benzene rings is 8. The van der Waals surface area contributed by atoms with E-state index in [1.165, 1.54) is 5.56 Å². The third-order valence-corrected chi connectivity index (χ3v) is 12.1. The van der Waals surface area contributed by atoms with Crippen LogP contribution in [0.4, 0.5) is 5.69 Å². The van der Waals surface area contributed by atoms with E-state index in [1.54, 1.807) is 12.1 Å². The molecule has 1 aliphatic carbocycles. The van der Waals surface area contributed by atoms with Crippen molar-refractivity contribution in [3.05, 3.63) is 221 Å². The van der Waals surface area contributed by atoms with Gasteiger partial charge < -0.3 is 9.30 Å². The Hall–Kier alpha value is -8.65. The third kappa shape index (κ3) is 4.86. The minimum atomic E-state index is -0.720. The van der Waals surface area contributed by atoms with E-state index in [0.717, 1.165) is 72.2 Å². The Labute approximate surface area is 350 Å². The maximum absolute atomic E-state index is 11.1. The zero-order chi connectivity index (χ0) is 40.7. The van der Waals surface area contributed by atoms with Crippen LogP contribution in [0.1, 0.15) is 27.8 Å². The Balaban J connectivity index is 1.15. The molecule has 0 fully saturated rings. The number of fused-ring (bicyclic) bond motifs is 13. The highest BCUT2D eigenvalue weighted by Gasteiger charge is 2.52. The summed E-state index contributed by atoms with van der Waals surface area (Å²) in [5.41, 5.74) is 11.2. The molecule has 1 aliphatic heterocycles. The summed E-state index contributed by atoms with van der Waals surface area (Å²) >= 11 is 0. The molecule has 7 nitrogen and oxygen atoms in total. The minimum Gasteiger partial charge on any atom is -0.457 e. The fraction of sp³-hybridized carbons (Fsp3) is 0.0185. The molecule has 7 heteroatoms. The Kier molecular flexibility index (Phi) is 7.44. The molecular formula is C54H30N6O. The van der Waals surface area contributed by atoms with Gasteiger partial charge in [0.25, 0.3) is 0 Å². The molecule has 10 aromatic rings. The summed E-state index contributed by atoms with van der Waals surface area (Å²) in [6, 6.07) is 63.7. The molecule has 282 valence electrons. The Morgan fingerprint density at radius 1 is 0.541 bits per heavy atom. The molecule has 0 radical (unpaired) electrons. The number of nitriles is 1. The molecule has 2 aliphatic rings. The van der Waals surface area contributed by atoms with Crippen molar-refractivity contribution in [1.82, 2.24) is 19.5 Å². The molecule has 2 aromatic heterocycles. The summed E-state index contributed by atoms with van der Waals surface area (Å²) in [4.78, 5) is 18.9. The molecule has 0 unspecified atom stereocenters. The Bertz CT molecular complexity index is 3400. The van der Waals surface area contributed by atoms with Crippen molar-refractivity contribution in [2.75, 3.05) is 0 Å². The van der Waals surface area contributed by atoms with Gasteiger partial charge in [-0.25, -0.2) is 19.8 Å². The van der Waals surface area contributed by atoms with Crippen molar-refractivity contribution < 1.29 is 4.74 Å². The minimum absolute atomic E-state index is 0.305. The van der Waals surface area contributed by atoms with Crippen LogP contribution in [0.15, 0.2) is 182 Å². The first kappa shape index (κ1) is 34.4. The van der Waals surface area contributed by atoms with Gasteiger partial charge in [-0.15, -0.1) is 0 Å². The summed E-state index contributed by atoms with van der Waals surface area (Å²) in [6.45, 7) is 8.65. The van der Waals surface area contributed by atoms with E-state index < -0.39 is 5.41 Å². The first-order valence-electron chi connectivity index (χ1n) is 20.0. The van der Waals surface area contributed by atoms with Crippen molar-refractivity contribution in [2.24, 2.45) is 0 Å². The SMILES string of the molecule is [C-]#[N+]c1cc(-c2nc(-c3ccccc3)nc(-c3ccccc3)n2)cc(C#N)c1-n1c2ccccc2c2c3c(ccc21)-c1ccccc1C31c2ccccc2Oc2ccccc21. The van der Waals surface area contributed by atoms with Crippen LogP contribution in [0.25, 0.3) is 77.6 Å². The highest BCUT2D eigenvalue weighted by molar-refractivity contribution is 6.16. The summed E-state index contributed by atoms with van der Waals surface area (Å²) < 4.78 is 8.76. The quantitative estimate of drug-likeness (QED) is 0.166. The first-order chi connectivity index (χ1) is 30.2. The van der Waals surface area contributed by atoms with E-state index >= 15 is 0 Å². The highest BCUT2D eigenvalue weighted by Crippen LogP contribution is 2.64. The number of hydrogen-bond donors (Lipinski definition) is 0. The van der Waals surface area contributed by atoms with E-state index in [2.05, 4.69) is 106 Å². The summed E-state index contributed by atoms with van der Waals surface area (Å²) in [5, 5.41) is 13.1. The van der Waals surface area contributed by atoms with E-state index in [-0.39, 0.29) is 0 Å². The largest absolute Gasteiger partial charge is 0.457 e. The van der Waals surface area contributed by atoms with E-state index in [4.69, 9.17) is 26.3 Å². The first-order valence-corrected chi connectivity index (χ1v) is 20.0. The fourth-order valence-electron chi connectivity index (χ4n) is 9.74. The topological polar surface area (TPSA) is 81.0 Å². The average Bonchev–Trinajstić information content (AvgIpc) is 3.82. The van der Waals surface area contributed by atoms with Gasteiger partial charge >= 0.3 is 0 Å². The zero-order valence-electron chi connectivity index (χ0n) is 32.4. The predicted molar refractivity (Wildman–Crippen MR) is 239 cm³/mol. The molecule has 0 saturated carbocycles. The molecule has 8 aromatic carbocycles. The molecule has 0 atom stereocenters. The Morgan fingerprint density at radius 3 is 1.74 bits per heavy atom. The third-order valence-electron chi connectivity index (χ3n) is 12.1. The van der Waals surface area contributed by atoms with Gasteiger partial charge in [0.15, 0.2) is 17.5 Å². The highest BCUT2D eigenvalue weighted by atomic mass is 16.5. The maximum Gasteiger partial charge on any atom is 0.212 e. The lowest BCUT2D eigenvalue weighted by Crippen LogP contribution is -2.32. The number of ether oxygens (including phenoxy) is 1. The summed E-state index contributed by atoms with van der Waals surface area (Å²) in [6.07, 6.45) is 0. The van der Waals surface area contributed by atoms with Gasteiger partial charge in [-0.05, 0) is 58.7 Å². The maximum atomic E-state index is 11.1. The van der Waals surface area contributed by atoms with Gasteiger partial charge in [0.1, 0.15) is 11.5 Å². The number of para-hydroxylation sites is 3. The average molecular weight is 779 g/mol. The van der Waals surface area contributed by atoms with Crippen molar-refractivity contribution in [1.29, 1.82) is 5.26 Å². The fourth-order valence-corrected chi connectivity index (χ4v) is 9.74. The standard InChI is InChI=1S/C54H30N6O/c1-56-43-31-35(53-58-51(33-16-4-2-5-17-33)57-52(59-53)34-18-6-3-7-19-34)30-36(32-55)50(43)60-44-25-13-9-21-39(44)48-45(60)29-28-38-37-20-8-10-22-40(37)54(49(38)48)41-23-11-14-26-46(41)61-47-27-15-12-24-42(47)54/h2-31H. The monoisotopic (exact) mass is 778 g/mol. The second-order valence-corrected chi connectivity index (χ2v) is 15.3. The van der Waals surface area contributed by atoms with Crippen molar-refractivity contribution in [3.63, 3.8) is 0 Å². The second-order valence-electron chi connectivity index (χ2n) is 15.3. The molecule has 12 rings (SSSR count). The van der Waals surface area contributed by atoms with Crippen LogP contribution in [0.3, 0.4) is 0 Å². The van der Waals surface area contributed by atoms with Crippen molar-refractivity contribution >= 4 is 27.5 Å². The van der Waals surface area contributed by atoms with E-state index in [0.29, 0.717) is 40.0 Å². The molecule has 0 amide bonds. The van der Waals surface area contributed by atoms with Crippen LogP contribution in [0.5, 0.6) is 11.5 Å². The van der Waals surface area contributed by atoms with Crippen LogP contribution in [0, 0.1) is 17.9 Å². The molecule has 1 spiro atoms. The number of rotatable bonds is 4. The van der Waals surface area contributed by atoms with E-state index in [1.807, 2.05) is 78.9 Å². The predicted octanol–water partition coefficient (Wildman–Crippen LogP) is 12.9. The molecular weight excluding hydrogens is 749 g/mol. The normalized spacial score (nSPS) is 12.8. The van der Waals surface area contributed by atoms with Gasteiger partial charge in [0, 0.05) is 38.6 Å². The van der Waals surface area contributed by atoms with Gasteiger partial charge in [-0.2, -0.15) is 5.26 Å².